The molecule has 0 bridgehead atoms. The van der Waals surface area contributed by atoms with Crippen molar-refractivity contribution in [2.45, 2.75) is 50.7 Å². The van der Waals surface area contributed by atoms with Crippen LogP contribution in [0.25, 0.3) is 12.2 Å². The second-order valence-electron chi connectivity index (χ2n) is 11.1. The molecule has 2 fully saturated rings. The van der Waals surface area contributed by atoms with Gasteiger partial charge in [0, 0.05) is 55.4 Å². The van der Waals surface area contributed by atoms with Crippen molar-refractivity contribution >= 4 is 24.3 Å². The number of carbonyl (C=O) groups excluding carboxylic acids is 1. The Morgan fingerprint density at radius 3 is 2.63 bits per heavy atom. The van der Waals surface area contributed by atoms with Gasteiger partial charge in [-0.1, -0.05) is 6.08 Å². The van der Waals surface area contributed by atoms with E-state index in [9.17, 15) is 9.59 Å². The Hall–Kier alpha value is -4.20. The lowest BCUT2D eigenvalue weighted by Crippen LogP contribution is -2.50. The summed E-state index contributed by atoms with van der Waals surface area (Å²) in [5.74, 6) is 0.974. The molecule has 212 valence electrons. The summed E-state index contributed by atoms with van der Waals surface area (Å²) in [6.07, 6.45) is 12.9. The van der Waals surface area contributed by atoms with E-state index >= 15 is 0 Å². The third kappa shape index (κ3) is 6.93. The number of likely N-dealkylation sites (N-methyl/N-ethyl adjacent to an activating group) is 1. The van der Waals surface area contributed by atoms with E-state index in [0.29, 0.717) is 35.4 Å². The van der Waals surface area contributed by atoms with Crippen LogP contribution in [0.5, 0.6) is 0 Å². The van der Waals surface area contributed by atoms with Crippen LogP contribution in [-0.4, -0.2) is 76.3 Å². The topological polar surface area (TPSA) is 128 Å². The number of fused-ring (bicyclic) bond motifs is 1. The molecular formula is C31H35N7O3. The normalized spacial score (nSPS) is 20.3. The predicted molar refractivity (Wildman–Crippen MR) is 156 cm³/mol. The Balaban J connectivity index is 0.000000191. The number of rotatable bonds is 6. The van der Waals surface area contributed by atoms with Gasteiger partial charge in [0.05, 0.1) is 23.0 Å². The van der Waals surface area contributed by atoms with Crippen LogP contribution in [0.2, 0.25) is 0 Å². The molecule has 0 amide bonds. The van der Waals surface area contributed by atoms with Gasteiger partial charge >= 0.3 is 0 Å². The molecule has 3 aromatic heterocycles. The number of nitriles is 1. The Kier molecular flexibility index (Phi) is 8.67. The number of aromatic amines is 1. The van der Waals surface area contributed by atoms with E-state index in [4.69, 9.17) is 10.00 Å². The number of pyridine rings is 2. The average molecular weight is 554 g/mol. The highest BCUT2D eigenvalue weighted by atomic mass is 16.5. The van der Waals surface area contributed by atoms with Crippen LogP contribution in [-0.2, 0) is 11.2 Å². The fourth-order valence-corrected chi connectivity index (χ4v) is 5.17. The Morgan fingerprint density at radius 1 is 1.17 bits per heavy atom. The van der Waals surface area contributed by atoms with E-state index < -0.39 is 5.60 Å². The summed E-state index contributed by atoms with van der Waals surface area (Å²) < 4.78 is 6.27. The third-order valence-electron chi connectivity index (χ3n) is 7.83. The number of nitrogens with one attached hydrogen (secondary N) is 1. The molecule has 4 heterocycles. The number of ether oxygens (including phenoxy) is 1. The molecule has 3 aromatic rings. The zero-order chi connectivity index (χ0) is 28.8. The second-order valence-corrected chi connectivity index (χ2v) is 11.1. The lowest BCUT2D eigenvalue weighted by molar-refractivity contribution is -0.0742. The van der Waals surface area contributed by atoms with E-state index in [1.54, 1.807) is 18.5 Å². The van der Waals surface area contributed by atoms with Crippen LogP contribution >= 0.6 is 0 Å². The Morgan fingerprint density at radius 2 is 1.98 bits per heavy atom. The summed E-state index contributed by atoms with van der Waals surface area (Å²) in [4.78, 5) is 36.0. The highest BCUT2D eigenvalue weighted by Crippen LogP contribution is 2.30. The van der Waals surface area contributed by atoms with E-state index in [-0.39, 0.29) is 5.56 Å². The van der Waals surface area contributed by atoms with Gasteiger partial charge in [-0.15, -0.1) is 0 Å². The van der Waals surface area contributed by atoms with Gasteiger partial charge in [0.25, 0.3) is 5.56 Å². The van der Waals surface area contributed by atoms with Gasteiger partial charge in [-0.05, 0) is 75.6 Å². The summed E-state index contributed by atoms with van der Waals surface area (Å²) in [6.45, 7) is 6.22. The van der Waals surface area contributed by atoms with Crippen molar-refractivity contribution in [1.82, 2.24) is 25.1 Å². The molecule has 6 rings (SSSR count). The number of hydrogen-bond donors (Lipinski definition) is 1. The average Bonchev–Trinajstić information content (AvgIpc) is 2.97. The van der Waals surface area contributed by atoms with Crippen LogP contribution in [0.3, 0.4) is 0 Å². The highest BCUT2D eigenvalue weighted by Gasteiger charge is 2.31. The molecule has 2 aliphatic carbocycles. The zero-order valence-corrected chi connectivity index (χ0v) is 23.5. The van der Waals surface area contributed by atoms with Crippen molar-refractivity contribution in [2.75, 3.05) is 38.1 Å². The van der Waals surface area contributed by atoms with E-state index in [2.05, 4.69) is 50.0 Å². The fourth-order valence-electron chi connectivity index (χ4n) is 5.17. The standard InChI is InChI=1S/C20H21N3O3.C11H14N4/c1-20(26-15-3-2-4-15)7-5-16-17(11-20)18(22-23-19(16)25)10-13-6-8-21-14(9-13)12-24;1-14-4-6-15(7-5-14)11-3-2-10(8-12)9-13-11/h5-6,8-9,11-12,15H,2-4,7,10H2,1H3,(H,23,25);2-3,9H,4-7H2,1H3. The van der Waals surface area contributed by atoms with Gasteiger partial charge in [0.1, 0.15) is 17.6 Å². The monoisotopic (exact) mass is 553 g/mol. The molecule has 0 aromatic carbocycles. The first-order valence-electron chi connectivity index (χ1n) is 14.0. The third-order valence-corrected chi connectivity index (χ3v) is 7.83. The molecule has 10 nitrogen and oxygen atoms in total. The van der Waals surface area contributed by atoms with Gasteiger partial charge in [-0.3, -0.25) is 14.6 Å². The zero-order valence-electron chi connectivity index (χ0n) is 23.5. The van der Waals surface area contributed by atoms with Crippen LogP contribution in [0.4, 0.5) is 5.82 Å². The van der Waals surface area contributed by atoms with Crippen LogP contribution in [0.1, 0.15) is 59.9 Å². The molecule has 1 saturated heterocycles. The van der Waals surface area contributed by atoms with Crippen molar-refractivity contribution in [2.24, 2.45) is 0 Å². The van der Waals surface area contributed by atoms with Crippen molar-refractivity contribution in [3.05, 3.63) is 80.0 Å². The van der Waals surface area contributed by atoms with E-state index in [1.165, 1.54) is 6.42 Å². The number of carbonyl (C=O) groups is 1. The largest absolute Gasteiger partial charge is 0.368 e. The van der Waals surface area contributed by atoms with E-state index in [1.807, 2.05) is 30.4 Å². The predicted octanol–water partition coefficient (Wildman–Crippen LogP) is 1.57. The Labute approximate surface area is 239 Å². The van der Waals surface area contributed by atoms with Gasteiger partial charge in [-0.2, -0.15) is 10.4 Å². The second kappa shape index (κ2) is 12.5. The number of hydrogen-bond acceptors (Lipinski definition) is 9. The van der Waals surface area contributed by atoms with Crippen molar-refractivity contribution in [3.8, 4) is 6.07 Å². The molecule has 1 atom stereocenters. The van der Waals surface area contributed by atoms with Crippen molar-refractivity contribution < 1.29 is 9.53 Å². The molecule has 1 unspecified atom stereocenters. The summed E-state index contributed by atoms with van der Waals surface area (Å²) >= 11 is 0. The van der Waals surface area contributed by atoms with Crippen LogP contribution in [0.15, 0.2) is 41.5 Å². The maximum absolute atomic E-state index is 12.2. The lowest BCUT2D eigenvalue weighted by Gasteiger charge is -2.36. The van der Waals surface area contributed by atoms with Gasteiger partial charge in [-0.25, -0.2) is 10.1 Å². The molecule has 3 aliphatic rings. The summed E-state index contributed by atoms with van der Waals surface area (Å²) in [5.41, 5.74) is 2.08. The number of aromatic nitrogens is 4. The van der Waals surface area contributed by atoms with Gasteiger partial charge in [0.15, 0.2) is 6.29 Å². The van der Waals surface area contributed by atoms with E-state index in [0.717, 1.165) is 67.6 Å². The first kappa shape index (κ1) is 28.3. The molecule has 0 radical (unpaired) electrons. The van der Waals surface area contributed by atoms with Crippen molar-refractivity contribution in [1.29, 1.82) is 5.26 Å². The van der Waals surface area contributed by atoms with Crippen LogP contribution in [0, 0.1) is 11.3 Å². The minimum atomic E-state index is -0.422. The van der Waals surface area contributed by atoms with Crippen molar-refractivity contribution in [3.63, 3.8) is 0 Å². The first-order chi connectivity index (χ1) is 19.9. The first-order valence-corrected chi connectivity index (χ1v) is 14.0. The number of anilines is 1. The lowest BCUT2D eigenvalue weighted by atomic mass is 9.90. The quantitative estimate of drug-likeness (QED) is 0.452. The number of H-pyrrole nitrogens is 1. The van der Waals surface area contributed by atoms with Gasteiger partial charge < -0.3 is 14.5 Å². The summed E-state index contributed by atoms with van der Waals surface area (Å²) in [5, 5.41) is 17.0. The molecular weight excluding hydrogens is 518 g/mol. The molecule has 1 saturated carbocycles. The molecule has 41 heavy (non-hydrogen) atoms. The fraction of sp³-hybridized carbons (Fsp3) is 0.419. The SMILES string of the molecule is CC1(OC2CCC2)C=c2c(Cc3ccnc(C=O)c3)n[nH]c(=O)c2=CC1.CN1CCN(c2ccc(C#N)cn2)CC1. The molecule has 1 N–H and O–H groups in total. The van der Waals surface area contributed by atoms with Crippen LogP contribution < -0.4 is 20.9 Å². The molecule has 10 heteroatoms. The summed E-state index contributed by atoms with van der Waals surface area (Å²) in [6, 6.07) is 9.40. The summed E-state index contributed by atoms with van der Waals surface area (Å²) in [7, 11) is 2.13. The minimum Gasteiger partial charge on any atom is -0.368 e. The maximum Gasteiger partial charge on any atom is 0.271 e. The number of piperazine rings is 1. The number of nitrogens with zero attached hydrogens (tertiary/aromatic N) is 6. The Bertz CT molecular complexity index is 1600. The molecule has 1 aliphatic heterocycles. The molecule has 0 spiro atoms. The van der Waals surface area contributed by atoms with Gasteiger partial charge in [0.2, 0.25) is 0 Å². The highest BCUT2D eigenvalue weighted by molar-refractivity contribution is 5.71. The maximum atomic E-state index is 12.2. The minimum absolute atomic E-state index is 0.186. The smallest absolute Gasteiger partial charge is 0.271 e. The number of aldehydes is 1.